The number of rotatable bonds is 7. The first-order valence-electron chi connectivity index (χ1n) is 14.5. The Labute approximate surface area is 247 Å². The number of halogens is 1. The highest BCUT2D eigenvalue weighted by atomic mass is 35.5. The van der Waals surface area contributed by atoms with E-state index >= 15 is 0 Å². The zero-order valence-corrected chi connectivity index (χ0v) is 24.7. The standard InChI is InChI=1S/C33H36ClN7/c1-4-27-18-31(37-21-36-27)24-8-11-29(30(34)17-24)26-16-25-19-35-33(39-32(25)41(5-2)20-26)38-28-9-6-22(7-10-28)23-12-14-40(3)15-13-23/h6-11,16-19,21,23H,4-5,12-15,20H2,1-3H3,(H,35,38,39). The number of nitrogens with zero attached hydrogens (tertiary/aromatic N) is 6. The van der Waals surface area contributed by atoms with Crippen molar-refractivity contribution < 1.29 is 0 Å². The third-order valence-electron chi connectivity index (χ3n) is 8.22. The van der Waals surface area contributed by atoms with Gasteiger partial charge in [0.2, 0.25) is 5.95 Å². The van der Waals surface area contributed by atoms with Gasteiger partial charge >= 0.3 is 0 Å². The third-order valence-corrected chi connectivity index (χ3v) is 8.53. The van der Waals surface area contributed by atoms with Crippen LogP contribution in [-0.2, 0) is 6.42 Å². The maximum Gasteiger partial charge on any atom is 0.229 e. The predicted molar refractivity (Wildman–Crippen MR) is 169 cm³/mol. The van der Waals surface area contributed by atoms with Crippen molar-refractivity contribution in [2.75, 3.05) is 43.4 Å². The minimum atomic E-state index is 0.602. The molecule has 2 aliphatic heterocycles. The van der Waals surface area contributed by atoms with Crippen LogP contribution in [0, 0.1) is 0 Å². The molecule has 8 heteroatoms. The number of aryl methyl sites for hydroxylation is 1. The second-order valence-corrected chi connectivity index (χ2v) is 11.3. The van der Waals surface area contributed by atoms with Crippen LogP contribution in [0.15, 0.2) is 61.1 Å². The van der Waals surface area contributed by atoms with Gasteiger partial charge in [-0.05, 0) is 99.3 Å². The van der Waals surface area contributed by atoms with E-state index < -0.39 is 0 Å². The molecule has 2 aliphatic rings. The molecule has 0 aliphatic carbocycles. The summed E-state index contributed by atoms with van der Waals surface area (Å²) in [5, 5.41) is 4.11. The van der Waals surface area contributed by atoms with Crippen molar-refractivity contribution in [3.63, 3.8) is 0 Å². The van der Waals surface area contributed by atoms with Gasteiger partial charge in [-0.3, -0.25) is 0 Å². The lowest BCUT2D eigenvalue weighted by Crippen LogP contribution is -2.29. The molecule has 0 amide bonds. The second-order valence-electron chi connectivity index (χ2n) is 10.9. The highest BCUT2D eigenvalue weighted by Gasteiger charge is 2.22. The molecule has 0 atom stereocenters. The van der Waals surface area contributed by atoms with Crippen LogP contribution in [0.2, 0.25) is 5.02 Å². The van der Waals surface area contributed by atoms with Gasteiger partial charge in [-0.1, -0.05) is 42.8 Å². The van der Waals surface area contributed by atoms with E-state index in [1.54, 1.807) is 6.33 Å². The number of piperidine rings is 1. The molecule has 4 heterocycles. The molecule has 0 spiro atoms. The molecule has 0 saturated carbocycles. The van der Waals surface area contributed by atoms with E-state index in [2.05, 4.69) is 93.4 Å². The van der Waals surface area contributed by atoms with Crippen molar-refractivity contribution in [3.05, 3.63) is 88.5 Å². The molecule has 7 nitrogen and oxygen atoms in total. The first-order chi connectivity index (χ1) is 20.0. The van der Waals surface area contributed by atoms with Crippen LogP contribution in [-0.4, -0.2) is 58.1 Å². The Morgan fingerprint density at radius 1 is 0.976 bits per heavy atom. The van der Waals surface area contributed by atoms with Crippen molar-refractivity contribution in [2.24, 2.45) is 0 Å². The van der Waals surface area contributed by atoms with E-state index in [1.165, 1.54) is 18.4 Å². The number of likely N-dealkylation sites (N-methyl/N-ethyl adjacent to an activating group) is 1. The molecule has 1 N–H and O–H groups in total. The zero-order chi connectivity index (χ0) is 28.3. The number of anilines is 3. The molecular weight excluding hydrogens is 530 g/mol. The average molecular weight is 566 g/mol. The molecular formula is C33H36ClN7. The fourth-order valence-corrected chi connectivity index (χ4v) is 6.03. The van der Waals surface area contributed by atoms with Crippen LogP contribution in [0.5, 0.6) is 0 Å². The molecule has 6 rings (SSSR count). The minimum absolute atomic E-state index is 0.602. The zero-order valence-electron chi connectivity index (χ0n) is 23.9. The van der Waals surface area contributed by atoms with Gasteiger partial charge in [0.05, 0.1) is 5.69 Å². The maximum absolute atomic E-state index is 6.84. The van der Waals surface area contributed by atoms with Gasteiger partial charge in [-0.15, -0.1) is 0 Å². The lowest BCUT2D eigenvalue weighted by molar-refractivity contribution is 0.255. The van der Waals surface area contributed by atoms with Gasteiger partial charge in [-0.2, -0.15) is 4.98 Å². The van der Waals surface area contributed by atoms with Gasteiger partial charge in [0.25, 0.3) is 0 Å². The van der Waals surface area contributed by atoms with E-state index in [9.17, 15) is 0 Å². The Morgan fingerprint density at radius 2 is 1.78 bits per heavy atom. The number of aromatic nitrogens is 4. The Kier molecular flexibility index (Phi) is 7.99. The molecule has 0 radical (unpaired) electrons. The first-order valence-corrected chi connectivity index (χ1v) is 14.9. The van der Waals surface area contributed by atoms with Crippen molar-refractivity contribution in [1.82, 2.24) is 24.8 Å². The SMILES string of the molecule is CCc1cc(-c2ccc(C3=Cc4cnc(Nc5ccc(C6CCN(C)CC6)cc5)nc4N(CC)C3)c(Cl)c2)ncn1. The Morgan fingerprint density at radius 3 is 2.51 bits per heavy atom. The molecule has 0 bridgehead atoms. The van der Waals surface area contributed by atoms with Crippen LogP contribution in [0.25, 0.3) is 22.9 Å². The van der Waals surface area contributed by atoms with E-state index in [1.807, 2.05) is 18.3 Å². The first kappa shape index (κ1) is 27.4. The van der Waals surface area contributed by atoms with E-state index in [0.29, 0.717) is 16.9 Å². The van der Waals surface area contributed by atoms with Gasteiger partial charge in [0.1, 0.15) is 12.1 Å². The van der Waals surface area contributed by atoms with Crippen molar-refractivity contribution in [2.45, 2.75) is 39.0 Å². The number of nitrogens with one attached hydrogen (secondary N) is 1. The quantitative estimate of drug-likeness (QED) is 0.257. The van der Waals surface area contributed by atoms with E-state index in [-0.39, 0.29) is 0 Å². The molecule has 2 aromatic carbocycles. The Hall–Kier alpha value is -3.81. The molecule has 2 aromatic heterocycles. The number of likely N-dealkylation sites (tertiary alicyclic amines) is 1. The summed E-state index contributed by atoms with van der Waals surface area (Å²) in [6.07, 6.45) is 8.97. The van der Waals surface area contributed by atoms with Crippen molar-refractivity contribution in [1.29, 1.82) is 0 Å². The minimum Gasteiger partial charge on any atom is -0.352 e. The summed E-state index contributed by atoms with van der Waals surface area (Å²) in [5.41, 5.74) is 8.43. The highest BCUT2D eigenvalue weighted by Crippen LogP contribution is 2.36. The summed E-state index contributed by atoms with van der Waals surface area (Å²) in [6.45, 7) is 8.11. The van der Waals surface area contributed by atoms with Gasteiger partial charge in [-0.25, -0.2) is 15.0 Å². The average Bonchev–Trinajstić information content (AvgIpc) is 3.01. The van der Waals surface area contributed by atoms with E-state index in [4.69, 9.17) is 16.6 Å². The molecule has 210 valence electrons. The van der Waals surface area contributed by atoms with Crippen LogP contribution in [0.4, 0.5) is 17.5 Å². The number of benzene rings is 2. The Bertz CT molecular complexity index is 1560. The fraction of sp³-hybridized carbons (Fsp3) is 0.333. The monoisotopic (exact) mass is 565 g/mol. The number of hydrogen-bond acceptors (Lipinski definition) is 7. The predicted octanol–water partition coefficient (Wildman–Crippen LogP) is 7.08. The van der Waals surface area contributed by atoms with Gasteiger partial charge < -0.3 is 15.1 Å². The van der Waals surface area contributed by atoms with E-state index in [0.717, 1.165) is 77.8 Å². The summed E-state index contributed by atoms with van der Waals surface area (Å²) in [6, 6.07) is 16.9. The van der Waals surface area contributed by atoms with Gasteiger partial charge in [0, 0.05) is 46.8 Å². The second kappa shape index (κ2) is 12.0. The lowest BCUT2D eigenvalue weighted by Gasteiger charge is -2.30. The van der Waals surface area contributed by atoms with Gasteiger partial charge in [0.15, 0.2) is 0 Å². The molecule has 0 unspecified atom stereocenters. The number of hydrogen-bond donors (Lipinski definition) is 1. The summed E-state index contributed by atoms with van der Waals surface area (Å²) in [4.78, 5) is 23.0. The molecule has 41 heavy (non-hydrogen) atoms. The molecule has 1 saturated heterocycles. The normalized spacial score (nSPS) is 15.9. The summed E-state index contributed by atoms with van der Waals surface area (Å²) >= 11 is 6.84. The summed E-state index contributed by atoms with van der Waals surface area (Å²) in [7, 11) is 2.20. The van der Waals surface area contributed by atoms with Crippen molar-refractivity contribution in [3.8, 4) is 11.3 Å². The topological polar surface area (TPSA) is 70.1 Å². The lowest BCUT2D eigenvalue weighted by atomic mass is 9.89. The maximum atomic E-state index is 6.84. The summed E-state index contributed by atoms with van der Waals surface area (Å²) < 4.78 is 0. The van der Waals surface area contributed by atoms with Crippen LogP contribution >= 0.6 is 11.6 Å². The molecule has 1 fully saturated rings. The fourth-order valence-electron chi connectivity index (χ4n) is 5.73. The molecule has 4 aromatic rings. The van der Waals surface area contributed by atoms with Crippen molar-refractivity contribution >= 4 is 40.7 Å². The summed E-state index contributed by atoms with van der Waals surface area (Å²) in [5.74, 6) is 2.17. The highest BCUT2D eigenvalue weighted by molar-refractivity contribution is 6.33. The third kappa shape index (κ3) is 5.97. The smallest absolute Gasteiger partial charge is 0.229 e. The largest absolute Gasteiger partial charge is 0.352 e. The van der Waals surface area contributed by atoms with Crippen LogP contribution in [0.3, 0.4) is 0 Å². The Balaban J connectivity index is 1.21. The van der Waals surface area contributed by atoms with Crippen LogP contribution in [0.1, 0.15) is 55.0 Å². The number of fused-ring (bicyclic) bond motifs is 1. The van der Waals surface area contributed by atoms with Crippen LogP contribution < -0.4 is 10.2 Å².